The van der Waals surface area contributed by atoms with E-state index in [1.54, 1.807) is 0 Å². The molecule has 0 aromatic heterocycles. The maximum atomic E-state index is 13.5. The first-order valence-corrected chi connectivity index (χ1v) is 6.91. The Labute approximate surface area is 141 Å². The number of rotatable bonds is 3. The summed E-state index contributed by atoms with van der Waals surface area (Å²) in [5.41, 5.74) is 0.00284. The molecule has 0 radical (unpaired) electrons. The summed E-state index contributed by atoms with van der Waals surface area (Å²) < 4.78 is 70.3. The van der Waals surface area contributed by atoms with Gasteiger partial charge in [-0.2, -0.15) is 8.78 Å². The van der Waals surface area contributed by atoms with E-state index in [2.05, 4.69) is 4.74 Å². The molecule has 0 saturated carbocycles. The van der Waals surface area contributed by atoms with Crippen LogP contribution in [0.4, 0.5) is 22.0 Å². The lowest BCUT2D eigenvalue weighted by Gasteiger charge is -2.14. The Hall–Kier alpha value is -3.30. The smallest absolute Gasteiger partial charge is 0.331 e. The highest BCUT2D eigenvalue weighted by Gasteiger charge is 2.37. The maximum absolute atomic E-state index is 13.5. The van der Waals surface area contributed by atoms with Gasteiger partial charge in [-0.05, 0) is 12.1 Å². The first kappa shape index (κ1) is 17.5. The number of imide groups is 1. The van der Waals surface area contributed by atoms with Crippen LogP contribution in [0.15, 0.2) is 24.3 Å². The van der Waals surface area contributed by atoms with E-state index in [0.29, 0.717) is 4.90 Å². The third-order valence-corrected chi connectivity index (χ3v) is 3.55. The second-order valence-electron chi connectivity index (χ2n) is 5.12. The van der Waals surface area contributed by atoms with Crippen molar-refractivity contribution in [3.05, 3.63) is 64.5 Å². The summed E-state index contributed by atoms with van der Waals surface area (Å²) in [7, 11) is 0. The van der Waals surface area contributed by atoms with E-state index in [4.69, 9.17) is 0 Å². The molecule has 0 fully saturated rings. The van der Waals surface area contributed by atoms with Crippen molar-refractivity contribution in [2.75, 3.05) is 6.54 Å². The highest BCUT2D eigenvalue weighted by molar-refractivity contribution is 6.22. The van der Waals surface area contributed by atoms with Gasteiger partial charge in [-0.1, -0.05) is 12.1 Å². The normalized spacial score (nSPS) is 13.2. The van der Waals surface area contributed by atoms with Gasteiger partial charge in [0.25, 0.3) is 11.8 Å². The molecule has 0 aliphatic carbocycles. The zero-order valence-corrected chi connectivity index (χ0v) is 12.5. The second-order valence-corrected chi connectivity index (χ2v) is 5.12. The minimum atomic E-state index is -2.42. The van der Waals surface area contributed by atoms with Gasteiger partial charge >= 0.3 is 5.97 Å². The molecule has 2 aromatic rings. The summed E-state index contributed by atoms with van der Waals surface area (Å²) in [6, 6.07) is 5.59. The summed E-state index contributed by atoms with van der Waals surface area (Å²) in [6.45, 7) is -1.08. The zero-order chi connectivity index (χ0) is 19.2. The molecule has 0 atom stereocenters. The number of halogens is 5. The molecule has 2 amide bonds. The molecular formula is C16H6F5NO4. The number of amides is 2. The average Bonchev–Trinajstić information content (AvgIpc) is 2.87. The Morgan fingerprint density at radius 2 is 1.23 bits per heavy atom. The SMILES string of the molecule is O=C(CN1C(=O)c2ccccc2C1=O)Oc1c(F)c(F)c(F)c(F)c1F. The summed E-state index contributed by atoms with van der Waals surface area (Å²) in [6.07, 6.45) is 0. The van der Waals surface area contributed by atoms with Crippen LogP contribution in [-0.4, -0.2) is 29.2 Å². The van der Waals surface area contributed by atoms with Gasteiger partial charge in [0, 0.05) is 0 Å². The molecule has 0 spiro atoms. The quantitative estimate of drug-likeness (QED) is 0.208. The van der Waals surface area contributed by atoms with Gasteiger partial charge in [0.1, 0.15) is 6.54 Å². The molecule has 3 rings (SSSR count). The van der Waals surface area contributed by atoms with Crippen molar-refractivity contribution in [1.29, 1.82) is 0 Å². The van der Waals surface area contributed by atoms with E-state index in [1.807, 2.05) is 0 Å². The molecule has 1 aliphatic rings. The van der Waals surface area contributed by atoms with Crippen molar-refractivity contribution in [3.8, 4) is 5.75 Å². The van der Waals surface area contributed by atoms with Crippen molar-refractivity contribution >= 4 is 17.8 Å². The minimum Gasteiger partial charge on any atom is -0.419 e. The highest BCUT2D eigenvalue weighted by Crippen LogP contribution is 2.29. The van der Waals surface area contributed by atoms with Crippen LogP contribution in [0.5, 0.6) is 5.75 Å². The largest absolute Gasteiger partial charge is 0.419 e. The molecule has 0 saturated heterocycles. The standard InChI is InChI=1S/C16H6F5NO4/c17-9-10(18)12(20)14(13(21)11(9)19)26-8(23)5-22-15(24)6-3-1-2-4-7(6)16(22)25/h1-4H,5H2. The Morgan fingerprint density at radius 3 is 1.69 bits per heavy atom. The number of ether oxygens (including phenoxy) is 1. The Balaban J connectivity index is 1.84. The van der Waals surface area contributed by atoms with E-state index in [0.717, 1.165) is 0 Å². The van der Waals surface area contributed by atoms with Gasteiger partial charge < -0.3 is 4.74 Å². The molecule has 1 aliphatic heterocycles. The van der Waals surface area contributed by atoms with Gasteiger partial charge in [0.05, 0.1) is 11.1 Å². The number of fused-ring (bicyclic) bond motifs is 1. The Kier molecular flexibility index (Phi) is 4.18. The maximum Gasteiger partial charge on any atom is 0.331 e. The first-order chi connectivity index (χ1) is 12.2. The molecule has 1 heterocycles. The fourth-order valence-electron chi connectivity index (χ4n) is 2.33. The van der Waals surface area contributed by atoms with Crippen LogP contribution in [-0.2, 0) is 4.79 Å². The minimum absolute atomic E-state index is 0.00142. The van der Waals surface area contributed by atoms with Crippen molar-refractivity contribution < 1.29 is 41.1 Å². The van der Waals surface area contributed by atoms with Crippen LogP contribution in [0, 0.1) is 29.1 Å². The number of esters is 1. The number of hydrogen-bond donors (Lipinski definition) is 0. The fourth-order valence-corrected chi connectivity index (χ4v) is 2.33. The number of carbonyl (C=O) groups is 3. The van der Waals surface area contributed by atoms with Crippen LogP contribution in [0.25, 0.3) is 0 Å². The molecule has 134 valence electrons. The van der Waals surface area contributed by atoms with Gasteiger partial charge in [-0.25, -0.2) is 18.0 Å². The lowest BCUT2D eigenvalue weighted by molar-refractivity contribution is -0.135. The molecular weight excluding hydrogens is 365 g/mol. The monoisotopic (exact) mass is 371 g/mol. The second kappa shape index (κ2) is 6.21. The summed E-state index contributed by atoms with van der Waals surface area (Å²) >= 11 is 0. The summed E-state index contributed by atoms with van der Waals surface area (Å²) in [4.78, 5) is 36.3. The number of benzene rings is 2. The van der Waals surface area contributed by atoms with Crippen LogP contribution >= 0.6 is 0 Å². The van der Waals surface area contributed by atoms with Gasteiger partial charge in [0.2, 0.25) is 34.8 Å². The van der Waals surface area contributed by atoms with E-state index in [-0.39, 0.29) is 11.1 Å². The fraction of sp³-hybridized carbons (Fsp3) is 0.0625. The number of hydrogen-bond acceptors (Lipinski definition) is 4. The predicted molar refractivity (Wildman–Crippen MR) is 73.7 cm³/mol. The molecule has 2 aromatic carbocycles. The summed E-state index contributed by atoms with van der Waals surface area (Å²) in [5, 5.41) is 0. The highest BCUT2D eigenvalue weighted by atomic mass is 19.2. The molecule has 10 heteroatoms. The average molecular weight is 371 g/mol. The van der Waals surface area contributed by atoms with Crippen LogP contribution in [0.3, 0.4) is 0 Å². The van der Waals surface area contributed by atoms with E-state index < -0.39 is 59.2 Å². The van der Waals surface area contributed by atoms with Crippen molar-refractivity contribution in [2.24, 2.45) is 0 Å². The predicted octanol–water partition coefficient (Wildman–Crippen LogP) is 2.58. The van der Waals surface area contributed by atoms with Crippen LogP contribution < -0.4 is 4.74 Å². The third kappa shape index (κ3) is 2.59. The first-order valence-electron chi connectivity index (χ1n) is 6.91. The topological polar surface area (TPSA) is 63.7 Å². The molecule has 0 unspecified atom stereocenters. The van der Waals surface area contributed by atoms with Crippen LogP contribution in [0.1, 0.15) is 20.7 Å². The van der Waals surface area contributed by atoms with E-state index in [9.17, 15) is 36.3 Å². The Morgan fingerprint density at radius 1 is 0.808 bits per heavy atom. The van der Waals surface area contributed by atoms with Crippen molar-refractivity contribution in [2.45, 2.75) is 0 Å². The molecule has 5 nitrogen and oxygen atoms in total. The van der Waals surface area contributed by atoms with Crippen molar-refractivity contribution in [3.63, 3.8) is 0 Å². The number of nitrogens with zero attached hydrogens (tertiary/aromatic N) is 1. The van der Waals surface area contributed by atoms with Crippen LogP contribution in [0.2, 0.25) is 0 Å². The molecule has 0 bridgehead atoms. The number of carbonyl (C=O) groups excluding carboxylic acids is 3. The van der Waals surface area contributed by atoms with Crippen molar-refractivity contribution in [1.82, 2.24) is 4.90 Å². The van der Waals surface area contributed by atoms with E-state index >= 15 is 0 Å². The Bertz CT molecular complexity index is 911. The molecule has 26 heavy (non-hydrogen) atoms. The van der Waals surface area contributed by atoms with E-state index in [1.165, 1.54) is 24.3 Å². The van der Waals surface area contributed by atoms with Gasteiger partial charge in [-0.15, -0.1) is 0 Å². The lowest BCUT2D eigenvalue weighted by Crippen LogP contribution is -2.37. The molecule has 0 N–H and O–H groups in total. The zero-order valence-electron chi connectivity index (χ0n) is 12.5. The van der Waals surface area contributed by atoms with Gasteiger partial charge in [-0.3, -0.25) is 14.5 Å². The van der Waals surface area contributed by atoms with Gasteiger partial charge in [0.15, 0.2) is 0 Å². The summed E-state index contributed by atoms with van der Waals surface area (Å²) in [5.74, 6) is -16.8. The third-order valence-electron chi connectivity index (χ3n) is 3.55. The lowest BCUT2D eigenvalue weighted by atomic mass is 10.1.